The summed E-state index contributed by atoms with van der Waals surface area (Å²) in [7, 11) is 0. The van der Waals surface area contributed by atoms with Gasteiger partial charge in [0.1, 0.15) is 5.25 Å². The highest BCUT2D eigenvalue weighted by Gasteiger charge is 2.29. The average Bonchev–Trinajstić information content (AvgIpc) is 2.98. The first-order chi connectivity index (χ1) is 20.4. The molecule has 0 aliphatic rings. The molecule has 0 spiro atoms. The molecule has 0 aromatic heterocycles. The molecule has 9 nitrogen and oxygen atoms in total. The molecule has 43 heavy (non-hydrogen) atoms. The van der Waals surface area contributed by atoms with E-state index >= 15 is 0 Å². The van der Waals surface area contributed by atoms with Crippen molar-refractivity contribution in [1.29, 1.82) is 0 Å². The minimum Gasteiger partial charge on any atom is -0.478 e. The van der Waals surface area contributed by atoms with E-state index in [1.54, 1.807) is 61.5 Å². The summed E-state index contributed by atoms with van der Waals surface area (Å²) in [6, 6.07) is 19.6. The van der Waals surface area contributed by atoms with Crippen LogP contribution in [0.25, 0.3) is 0 Å². The first-order valence-electron chi connectivity index (χ1n) is 12.2. The number of halogens is 4. The molecule has 1 unspecified atom stereocenters. The highest BCUT2D eigenvalue weighted by Crippen LogP contribution is 2.42. The maximum atomic E-state index is 13.5. The number of aryl methyl sites for hydroxylation is 1. The van der Waals surface area contributed by atoms with Gasteiger partial charge in [-0.25, -0.2) is 4.79 Å². The van der Waals surface area contributed by atoms with Crippen LogP contribution in [0.5, 0.6) is 0 Å². The van der Waals surface area contributed by atoms with Crippen LogP contribution in [0.3, 0.4) is 0 Å². The minimum atomic E-state index is -1.52. The van der Waals surface area contributed by atoms with Gasteiger partial charge < -0.3 is 15.7 Å². The number of aromatic carboxylic acids is 1. The van der Waals surface area contributed by atoms with E-state index < -0.39 is 44.1 Å². The lowest BCUT2D eigenvalue weighted by Crippen LogP contribution is -2.19. The predicted molar refractivity (Wildman–Crippen MR) is 169 cm³/mol. The Labute approximate surface area is 269 Å². The Morgan fingerprint density at radius 3 is 2.02 bits per heavy atom. The Bertz CT molecular complexity index is 1750. The van der Waals surface area contributed by atoms with E-state index in [1.165, 1.54) is 23.9 Å². The van der Waals surface area contributed by atoms with E-state index in [0.717, 1.165) is 0 Å². The number of rotatable bonds is 9. The molecule has 220 valence electrons. The van der Waals surface area contributed by atoms with Crippen molar-refractivity contribution in [3.63, 3.8) is 0 Å². The van der Waals surface area contributed by atoms with Crippen molar-refractivity contribution in [1.82, 2.24) is 0 Å². The molecule has 4 aromatic rings. The summed E-state index contributed by atoms with van der Waals surface area (Å²) in [6.45, 7) is 1.73. The number of carboxylic acids is 1. The lowest BCUT2D eigenvalue weighted by molar-refractivity contribution is -0.384. The van der Waals surface area contributed by atoms with Gasteiger partial charge in [0, 0.05) is 22.7 Å². The number of carbonyl (C=O) groups is 3. The Kier molecular flexibility index (Phi) is 10.2. The van der Waals surface area contributed by atoms with Crippen molar-refractivity contribution in [2.45, 2.75) is 17.1 Å². The van der Waals surface area contributed by atoms with Gasteiger partial charge in [-0.3, -0.25) is 19.7 Å². The van der Waals surface area contributed by atoms with Crippen LogP contribution < -0.4 is 10.6 Å². The first-order valence-corrected chi connectivity index (χ1v) is 14.6. The molecule has 0 fully saturated rings. The number of nitro benzene ring substituents is 1. The van der Waals surface area contributed by atoms with Crippen LogP contribution in [0.4, 0.5) is 17.1 Å². The van der Waals surface area contributed by atoms with Crippen LogP contribution >= 0.6 is 58.2 Å². The van der Waals surface area contributed by atoms with Gasteiger partial charge >= 0.3 is 5.97 Å². The number of hydrogen-bond donors (Lipinski definition) is 3. The average molecular weight is 679 g/mol. The van der Waals surface area contributed by atoms with E-state index in [-0.39, 0.29) is 26.4 Å². The number of nitro groups is 1. The van der Waals surface area contributed by atoms with Crippen molar-refractivity contribution in [2.24, 2.45) is 0 Å². The summed E-state index contributed by atoms with van der Waals surface area (Å²) in [5, 5.41) is 24.1. The van der Waals surface area contributed by atoms with Crippen molar-refractivity contribution in [2.75, 3.05) is 10.6 Å². The highest BCUT2D eigenvalue weighted by atomic mass is 35.5. The molecule has 3 N–H and O–H groups in total. The van der Waals surface area contributed by atoms with Crippen molar-refractivity contribution >= 4 is 93.0 Å². The van der Waals surface area contributed by atoms with Crippen molar-refractivity contribution in [3.05, 3.63) is 125 Å². The van der Waals surface area contributed by atoms with E-state index in [1.807, 2.05) is 6.07 Å². The van der Waals surface area contributed by atoms with Gasteiger partial charge in [-0.15, -0.1) is 11.8 Å². The van der Waals surface area contributed by atoms with E-state index in [0.29, 0.717) is 21.7 Å². The summed E-state index contributed by atoms with van der Waals surface area (Å²) < 4.78 is 0. The van der Waals surface area contributed by atoms with Gasteiger partial charge in [-0.05, 0) is 42.3 Å². The van der Waals surface area contributed by atoms with Crippen LogP contribution in [0.15, 0.2) is 77.7 Å². The first kappa shape index (κ1) is 32.1. The molecule has 4 rings (SSSR count). The second-order valence-electron chi connectivity index (χ2n) is 8.94. The lowest BCUT2D eigenvalue weighted by atomic mass is 10.1. The maximum Gasteiger partial charge on any atom is 0.338 e. The smallest absolute Gasteiger partial charge is 0.338 e. The fraction of sp³-hybridized carbons (Fsp3) is 0.0690. The zero-order valence-corrected chi connectivity index (χ0v) is 25.7. The molecule has 1 atom stereocenters. The van der Waals surface area contributed by atoms with Gasteiger partial charge in [0.2, 0.25) is 5.91 Å². The number of nitrogens with one attached hydrogen (secondary N) is 2. The topological polar surface area (TPSA) is 139 Å². The number of thioether (sulfide) groups is 1. The third-order valence-electron chi connectivity index (χ3n) is 6.10. The Hall–Kier alpha value is -3.80. The molecule has 4 aromatic carbocycles. The molecule has 0 saturated heterocycles. The number of benzene rings is 4. The normalized spacial score (nSPS) is 11.5. The maximum absolute atomic E-state index is 13.5. The number of non-ortho nitro benzene ring substituents is 1. The van der Waals surface area contributed by atoms with Gasteiger partial charge in [-0.2, -0.15) is 0 Å². The van der Waals surface area contributed by atoms with Gasteiger partial charge in [0.05, 0.1) is 41.8 Å². The largest absolute Gasteiger partial charge is 0.478 e. The highest BCUT2D eigenvalue weighted by molar-refractivity contribution is 8.00. The van der Waals surface area contributed by atoms with Crippen LogP contribution in [0.1, 0.15) is 37.1 Å². The molecule has 0 heterocycles. The quantitative estimate of drug-likeness (QED) is 0.0528. The molecule has 2 amide bonds. The third-order valence-corrected chi connectivity index (χ3v) is 9.17. The summed E-state index contributed by atoms with van der Waals surface area (Å²) in [6.07, 6.45) is 0. The van der Waals surface area contributed by atoms with E-state index in [9.17, 15) is 29.6 Å². The predicted octanol–water partition coefficient (Wildman–Crippen LogP) is 8.94. The molecular formula is C29H19Cl4N3O6S. The molecule has 0 aliphatic heterocycles. The molecule has 0 aliphatic carbocycles. The molecule has 0 saturated carbocycles. The van der Waals surface area contributed by atoms with Gasteiger partial charge in [0.25, 0.3) is 11.6 Å². The third kappa shape index (κ3) is 7.23. The molecular weight excluding hydrogens is 660 g/mol. The van der Waals surface area contributed by atoms with Crippen LogP contribution in [-0.4, -0.2) is 27.8 Å². The monoisotopic (exact) mass is 677 g/mol. The number of nitrogens with zero attached hydrogens (tertiary/aromatic N) is 1. The fourth-order valence-corrected chi connectivity index (χ4v) is 5.99. The van der Waals surface area contributed by atoms with Crippen LogP contribution in [-0.2, 0) is 4.79 Å². The fourth-order valence-electron chi connectivity index (χ4n) is 3.95. The Morgan fingerprint density at radius 2 is 1.44 bits per heavy atom. The molecule has 0 bridgehead atoms. The number of carbonyl (C=O) groups excluding carboxylic acids is 2. The zero-order chi connectivity index (χ0) is 31.4. The summed E-state index contributed by atoms with van der Waals surface area (Å²) in [5.41, 5.74) is 0.758. The summed E-state index contributed by atoms with van der Waals surface area (Å²) in [5.74, 6) is -2.80. The minimum absolute atomic E-state index is 0.151. The summed E-state index contributed by atoms with van der Waals surface area (Å²) >= 11 is 25.4. The Morgan fingerprint density at radius 1 is 0.837 bits per heavy atom. The van der Waals surface area contributed by atoms with Crippen LogP contribution in [0.2, 0.25) is 20.1 Å². The lowest BCUT2D eigenvalue weighted by Gasteiger charge is -2.18. The van der Waals surface area contributed by atoms with E-state index in [4.69, 9.17) is 46.4 Å². The second-order valence-corrected chi connectivity index (χ2v) is 11.6. The molecule has 0 radical (unpaired) electrons. The Balaban J connectivity index is 1.58. The molecule has 14 heteroatoms. The van der Waals surface area contributed by atoms with Gasteiger partial charge in [0.15, 0.2) is 0 Å². The van der Waals surface area contributed by atoms with E-state index in [2.05, 4.69) is 10.6 Å². The van der Waals surface area contributed by atoms with Crippen LogP contribution in [0, 0.1) is 17.0 Å². The standard InChI is InChI=1S/C29H19Cl4N3O6S/c1-14-7-10-17(36(41)42)13-19(14)35-28(38)26(15-5-3-2-4-6-15)43-18-11-8-16(9-12-18)34-27(37)20-21(29(39)40)23(31)25(33)24(32)22(20)30/h2-13,26H,1H3,(H,34,37)(H,35,38)(H,39,40). The number of anilines is 2. The second kappa shape index (κ2) is 13.7. The van der Waals surface area contributed by atoms with Gasteiger partial charge in [-0.1, -0.05) is 82.8 Å². The number of carboxylic acid groups (broad SMARTS) is 1. The SMILES string of the molecule is Cc1ccc([N+](=O)[O-])cc1NC(=O)C(Sc1ccc(NC(=O)c2c(Cl)c(Cl)c(Cl)c(Cl)c2C(=O)O)cc1)c1ccccc1. The number of amides is 2. The van der Waals surface area contributed by atoms with Crippen molar-refractivity contribution in [3.8, 4) is 0 Å². The zero-order valence-electron chi connectivity index (χ0n) is 21.9. The van der Waals surface area contributed by atoms with Crippen molar-refractivity contribution < 1.29 is 24.4 Å². The summed E-state index contributed by atoms with van der Waals surface area (Å²) in [4.78, 5) is 49.7. The number of hydrogen-bond acceptors (Lipinski definition) is 6.